The zero-order valence-corrected chi connectivity index (χ0v) is 16.2. The molecule has 1 aliphatic carbocycles. The Bertz CT molecular complexity index is 1080. The molecule has 2 N–H and O–H groups in total. The smallest absolute Gasteiger partial charge is 0.374 e. The minimum Gasteiger partial charge on any atom is -0.469 e. The van der Waals surface area contributed by atoms with Crippen molar-refractivity contribution in [3.8, 4) is 5.88 Å². The molecule has 9 nitrogen and oxygen atoms in total. The first kappa shape index (κ1) is 19.6. The van der Waals surface area contributed by atoms with E-state index in [-0.39, 0.29) is 17.8 Å². The van der Waals surface area contributed by atoms with Crippen molar-refractivity contribution in [1.29, 1.82) is 0 Å². The maximum atomic E-state index is 12.7. The third-order valence-electron chi connectivity index (χ3n) is 5.13. The number of nitrogens with one attached hydrogen (secondary N) is 2. The number of amides is 1. The van der Waals surface area contributed by atoms with Gasteiger partial charge in [-0.05, 0) is 42.5 Å². The number of rotatable bonds is 6. The molecule has 30 heavy (non-hydrogen) atoms. The van der Waals surface area contributed by atoms with Crippen LogP contribution in [0.2, 0.25) is 0 Å². The Morgan fingerprint density at radius 1 is 1.07 bits per heavy atom. The molecule has 0 unspecified atom stereocenters. The molecular formula is C21H21N5O4. The van der Waals surface area contributed by atoms with Gasteiger partial charge in [-0.3, -0.25) is 25.8 Å². The molecule has 1 amide bonds. The van der Waals surface area contributed by atoms with Crippen LogP contribution in [0, 0.1) is 10.1 Å². The molecule has 1 aromatic heterocycles. The Hall–Kier alpha value is -3.75. The van der Waals surface area contributed by atoms with E-state index in [1.807, 2.05) is 30.3 Å². The molecule has 0 bridgehead atoms. The van der Waals surface area contributed by atoms with Crippen molar-refractivity contribution in [2.24, 2.45) is 0 Å². The van der Waals surface area contributed by atoms with Gasteiger partial charge < -0.3 is 4.74 Å². The number of hydrogen-bond acceptors (Lipinski definition) is 7. The molecule has 0 aliphatic heterocycles. The number of nitrogens with zero attached hydrogens (tertiary/aromatic N) is 3. The number of ether oxygens (including phenoxy) is 1. The van der Waals surface area contributed by atoms with Crippen LogP contribution in [0.1, 0.15) is 42.5 Å². The van der Waals surface area contributed by atoms with Crippen LogP contribution in [0.4, 0.5) is 11.5 Å². The van der Waals surface area contributed by atoms with Gasteiger partial charge in [-0.2, -0.15) is 4.98 Å². The second-order valence-corrected chi connectivity index (χ2v) is 7.12. The second kappa shape index (κ2) is 8.73. The molecule has 1 saturated carbocycles. The van der Waals surface area contributed by atoms with Crippen molar-refractivity contribution >= 4 is 28.2 Å². The first-order chi connectivity index (χ1) is 14.6. The first-order valence-corrected chi connectivity index (χ1v) is 9.83. The highest BCUT2D eigenvalue weighted by molar-refractivity contribution is 6.07. The minimum absolute atomic E-state index is 0.0937. The Morgan fingerprint density at radius 2 is 1.83 bits per heavy atom. The fraction of sp³-hybridized carbons (Fsp3) is 0.286. The van der Waals surface area contributed by atoms with Gasteiger partial charge in [-0.15, -0.1) is 0 Å². The number of anilines is 1. The summed E-state index contributed by atoms with van der Waals surface area (Å²) in [5.41, 5.74) is 5.10. The number of nitro groups is 1. The minimum atomic E-state index is -0.607. The van der Waals surface area contributed by atoms with Crippen LogP contribution in [0.25, 0.3) is 10.8 Å². The van der Waals surface area contributed by atoms with Gasteiger partial charge in [0.05, 0.1) is 4.92 Å². The lowest BCUT2D eigenvalue weighted by Crippen LogP contribution is -2.30. The van der Waals surface area contributed by atoms with Crippen molar-refractivity contribution in [3.63, 3.8) is 0 Å². The lowest BCUT2D eigenvalue weighted by Gasteiger charge is -2.22. The van der Waals surface area contributed by atoms with Gasteiger partial charge in [0.1, 0.15) is 12.4 Å². The largest absolute Gasteiger partial charge is 0.469 e. The number of carbonyl (C=O) groups excluding carboxylic acids is 1. The van der Waals surface area contributed by atoms with Gasteiger partial charge in [0.15, 0.2) is 0 Å². The Balaban J connectivity index is 1.54. The summed E-state index contributed by atoms with van der Waals surface area (Å²) in [7, 11) is 0. The molecule has 0 atom stereocenters. The molecular weight excluding hydrogens is 386 g/mol. The molecule has 0 spiro atoms. The highest BCUT2D eigenvalue weighted by Crippen LogP contribution is 2.33. The van der Waals surface area contributed by atoms with Crippen molar-refractivity contribution < 1.29 is 14.5 Å². The fourth-order valence-corrected chi connectivity index (χ4v) is 3.65. The highest BCUT2D eigenvalue weighted by atomic mass is 16.6. The summed E-state index contributed by atoms with van der Waals surface area (Å²) in [6, 6.07) is 12.9. The van der Waals surface area contributed by atoms with Crippen LogP contribution in [-0.4, -0.2) is 26.9 Å². The molecule has 1 fully saturated rings. The zero-order chi connectivity index (χ0) is 20.9. The Kier molecular flexibility index (Phi) is 5.69. The Labute approximate surface area is 172 Å². The van der Waals surface area contributed by atoms with E-state index in [9.17, 15) is 14.9 Å². The number of hydrazine groups is 1. The summed E-state index contributed by atoms with van der Waals surface area (Å²) >= 11 is 0. The van der Waals surface area contributed by atoms with Crippen LogP contribution in [-0.2, 0) is 0 Å². The van der Waals surface area contributed by atoms with E-state index >= 15 is 0 Å². The molecule has 2 aromatic carbocycles. The summed E-state index contributed by atoms with van der Waals surface area (Å²) < 4.78 is 5.79. The maximum absolute atomic E-state index is 12.7. The zero-order valence-electron chi connectivity index (χ0n) is 16.2. The molecule has 0 radical (unpaired) electrons. The first-order valence-electron chi connectivity index (χ1n) is 9.83. The predicted octanol–water partition coefficient (Wildman–Crippen LogP) is 4.01. The van der Waals surface area contributed by atoms with E-state index in [4.69, 9.17) is 4.74 Å². The van der Waals surface area contributed by atoms with Crippen LogP contribution < -0.4 is 15.6 Å². The summed E-state index contributed by atoms with van der Waals surface area (Å²) in [6.07, 6.45) is 5.93. The van der Waals surface area contributed by atoms with Crippen molar-refractivity contribution in [2.45, 2.75) is 38.2 Å². The van der Waals surface area contributed by atoms with Crippen LogP contribution in [0.3, 0.4) is 0 Å². The summed E-state index contributed by atoms with van der Waals surface area (Å²) in [5.74, 6) is -0.660. The van der Waals surface area contributed by atoms with Gasteiger partial charge >= 0.3 is 5.69 Å². The highest BCUT2D eigenvalue weighted by Gasteiger charge is 2.28. The number of aromatic nitrogens is 2. The molecule has 0 saturated heterocycles. The van der Waals surface area contributed by atoms with Crippen LogP contribution in [0.15, 0.2) is 48.8 Å². The van der Waals surface area contributed by atoms with Crippen LogP contribution >= 0.6 is 0 Å². The number of carbonyl (C=O) groups is 1. The maximum Gasteiger partial charge on any atom is 0.374 e. The standard InChI is InChI=1S/C21H21N5O4/c27-20(17-12-6-8-14-7-4-5-11-16(14)17)25-24-19-18(26(28)29)21(23-13-22-19)30-15-9-2-1-3-10-15/h4-8,11-13,15H,1-3,9-10H2,(H,25,27)(H,22,23,24). The summed E-state index contributed by atoms with van der Waals surface area (Å²) in [6.45, 7) is 0. The molecule has 9 heteroatoms. The number of hydrogen-bond donors (Lipinski definition) is 2. The number of benzene rings is 2. The average molecular weight is 407 g/mol. The quantitative estimate of drug-likeness (QED) is 0.468. The molecule has 3 aromatic rings. The fourth-order valence-electron chi connectivity index (χ4n) is 3.65. The monoisotopic (exact) mass is 407 g/mol. The molecule has 1 heterocycles. The van der Waals surface area contributed by atoms with Gasteiger partial charge in [0, 0.05) is 5.56 Å². The van der Waals surface area contributed by atoms with E-state index in [1.165, 1.54) is 6.33 Å². The van der Waals surface area contributed by atoms with Crippen molar-refractivity contribution in [1.82, 2.24) is 15.4 Å². The predicted molar refractivity (Wildman–Crippen MR) is 111 cm³/mol. The summed E-state index contributed by atoms with van der Waals surface area (Å²) in [5, 5.41) is 13.4. The van der Waals surface area contributed by atoms with Gasteiger partial charge in [0.25, 0.3) is 11.8 Å². The summed E-state index contributed by atoms with van der Waals surface area (Å²) in [4.78, 5) is 31.6. The normalized spacial score (nSPS) is 14.3. The second-order valence-electron chi connectivity index (χ2n) is 7.12. The Morgan fingerprint density at radius 3 is 2.63 bits per heavy atom. The molecule has 4 rings (SSSR count). The van der Waals surface area contributed by atoms with Crippen molar-refractivity contribution in [2.75, 3.05) is 5.43 Å². The lowest BCUT2D eigenvalue weighted by atomic mass is 9.98. The number of fused-ring (bicyclic) bond motifs is 1. The van der Waals surface area contributed by atoms with E-state index in [1.54, 1.807) is 12.1 Å². The molecule has 154 valence electrons. The topological polar surface area (TPSA) is 119 Å². The average Bonchev–Trinajstić information content (AvgIpc) is 2.77. The van der Waals surface area contributed by atoms with E-state index in [2.05, 4.69) is 20.8 Å². The third-order valence-corrected chi connectivity index (χ3v) is 5.13. The molecule has 1 aliphatic rings. The lowest BCUT2D eigenvalue weighted by molar-refractivity contribution is -0.385. The van der Waals surface area contributed by atoms with Gasteiger partial charge in [-0.25, -0.2) is 4.98 Å². The van der Waals surface area contributed by atoms with Gasteiger partial charge in [0.2, 0.25) is 5.82 Å². The van der Waals surface area contributed by atoms with E-state index in [0.29, 0.717) is 5.56 Å². The van der Waals surface area contributed by atoms with Crippen molar-refractivity contribution in [3.05, 3.63) is 64.5 Å². The van der Waals surface area contributed by atoms with E-state index < -0.39 is 16.5 Å². The van der Waals surface area contributed by atoms with Gasteiger partial charge in [-0.1, -0.05) is 42.8 Å². The van der Waals surface area contributed by atoms with E-state index in [0.717, 1.165) is 42.9 Å². The SMILES string of the molecule is O=C(NNc1ncnc(OC2CCCCC2)c1[N+](=O)[O-])c1cccc2ccccc12. The third kappa shape index (κ3) is 4.14. The van der Waals surface area contributed by atoms with Crippen LogP contribution in [0.5, 0.6) is 5.88 Å².